The summed E-state index contributed by atoms with van der Waals surface area (Å²) in [6.45, 7) is 3.96. The summed E-state index contributed by atoms with van der Waals surface area (Å²) < 4.78 is 0. The molecule has 1 fully saturated rings. The van der Waals surface area contributed by atoms with Crippen LogP contribution in [-0.4, -0.2) is 23.9 Å². The molecule has 1 heterocycles. The quantitative estimate of drug-likeness (QED) is 0.580. The standard InChI is InChI=1S/C21H25N3O3/c25-21(14-17-8-10-20(11-9-17)24(26)27)22-15-18-6-2-3-7-19(18)16-23-12-4-1-5-13-23/h2-3,6-11H,1,4-5,12-16H2,(H,22,25)/p+1. The molecule has 0 saturated carbocycles. The summed E-state index contributed by atoms with van der Waals surface area (Å²) in [5.74, 6) is -0.0797. The Bertz CT molecular complexity index is 784. The second-order valence-electron chi connectivity index (χ2n) is 7.13. The lowest BCUT2D eigenvalue weighted by Crippen LogP contribution is -3.11. The first-order valence-electron chi connectivity index (χ1n) is 9.52. The summed E-state index contributed by atoms with van der Waals surface area (Å²) in [5, 5.41) is 13.7. The van der Waals surface area contributed by atoms with Gasteiger partial charge in [-0.3, -0.25) is 14.9 Å². The van der Waals surface area contributed by atoms with Crippen molar-refractivity contribution in [1.29, 1.82) is 0 Å². The number of carbonyl (C=O) groups excluding carboxylic acids is 1. The molecule has 2 N–H and O–H groups in total. The fourth-order valence-corrected chi connectivity index (χ4v) is 3.58. The molecule has 0 atom stereocenters. The van der Waals surface area contributed by atoms with Crippen LogP contribution in [0.25, 0.3) is 0 Å². The van der Waals surface area contributed by atoms with Gasteiger partial charge in [-0.2, -0.15) is 0 Å². The lowest BCUT2D eigenvalue weighted by atomic mass is 10.0. The minimum Gasteiger partial charge on any atom is -0.352 e. The second kappa shape index (κ2) is 9.28. The molecule has 1 amide bonds. The third-order valence-electron chi connectivity index (χ3n) is 5.11. The Labute approximate surface area is 159 Å². The number of nitrogens with zero attached hydrogens (tertiary/aromatic N) is 1. The highest BCUT2D eigenvalue weighted by Gasteiger charge is 2.16. The lowest BCUT2D eigenvalue weighted by molar-refractivity contribution is -0.918. The monoisotopic (exact) mass is 368 g/mol. The van der Waals surface area contributed by atoms with Crippen LogP contribution in [0, 0.1) is 10.1 Å². The molecule has 0 aliphatic carbocycles. The van der Waals surface area contributed by atoms with Crippen molar-refractivity contribution in [3.05, 3.63) is 75.3 Å². The van der Waals surface area contributed by atoms with Crippen LogP contribution in [0.2, 0.25) is 0 Å². The van der Waals surface area contributed by atoms with Crippen molar-refractivity contribution in [1.82, 2.24) is 5.32 Å². The van der Waals surface area contributed by atoms with Gasteiger partial charge in [-0.25, -0.2) is 0 Å². The lowest BCUT2D eigenvalue weighted by Gasteiger charge is -2.24. The van der Waals surface area contributed by atoms with Crippen LogP contribution < -0.4 is 10.2 Å². The van der Waals surface area contributed by atoms with Crippen molar-refractivity contribution < 1.29 is 14.6 Å². The molecule has 0 spiro atoms. The van der Waals surface area contributed by atoms with E-state index in [4.69, 9.17) is 0 Å². The van der Waals surface area contributed by atoms with Crippen molar-refractivity contribution >= 4 is 11.6 Å². The van der Waals surface area contributed by atoms with Gasteiger partial charge in [0.05, 0.1) is 24.4 Å². The zero-order valence-corrected chi connectivity index (χ0v) is 15.4. The fourth-order valence-electron chi connectivity index (χ4n) is 3.58. The minimum atomic E-state index is -0.439. The highest BCUT2D eigenvalue weighted by molar-refractivity contribution is 5.78. The number of rotatable bonds is 7. The summed E-state index contributed by atoms with van der Waals surface area (Å²) in [6.07, 6.45) is 4.15. The number of benzene rings is 2. The summed E-state index contributed by atoms with van der Waals surface area (Å²) in [6, 6.07) is 14.4. The first-order valence-corrected chi connectivity index (χ1v) is 9.52. The van der Waals surface area contributed by atoms with Gasteiger partial charge in [0.2, 0.25) is 5.91 Å². The highest BCUT2D eigenvalue weighted by Crippen LogP contribution is 2.13. The number of nitro benzene ring substituents is 1. The SMILES string of the molecule is O=C(Cc1ccc([N+](=O)[O-])cc1)NCc1ccccc1C[NH+]1CCCCC1. The smallest absolute Gasteiger partial charge is 0.269 e. The van der Waals surface area contributed by atoms with E-state index in [0.29, 0.717) is 6.54 Å². The Morgan fingerprint density at radius 1 is 1.00 bits per heavy atom. The third kappa shape index (κ3) is 5.62. The first-order chi connectivity index (χ1) is 13.1. The number of piperidine rings is 1. The van der Waals surface area contributed by atoms with Gasteiger partial charge in [-0.05, 0) is 30.4 Å². The van der Waals surface area contributed by atoms with Gasteiger partial charge < -0.3 is 10.2 Å². The van der Waals surface area contributed by atoms with Crippen LogP contribution in [0.5, 0.6) is 0 Å². The number of non-ortho nitro benzene ring substituents is 1. The van der Waals surface area contributed by atoms with Crippen LogP contribution in [0.4, 0.5) is 5.69 Å². The zero-order chi connectivity index (χ0) is 19.1. The molecule has 6 nitrogen and oxygen atoms in total. The van der Waals surface area contributed by atoms with Crippen molar-refractivity contribution in [3.63, 3.8) is 0 Å². The van der Waals surface area contributed by atoms with Crippen molar-refractivity contribution in [3.8, 4) is 0 Å². The van der Waals surface area contributed by atoms with E-state index in [2.05, 4.69) is 23.5 Å². The number of amides is 1. The van der Waals surface area contributed by atoms with Gasteiger partial charge >= 0.3 is 0 Å². The van der Waals surface area contributed by atoms with Gasteiger partial charge in [0, 0.05) is 24.2 Å². The van der Waals surface area contributed by atoms with E-state index < -0.39 is 4.92 Å². The molecule has 1 aliphatic heterocycles. The largest absolute Gasteiger partial charge is 0.352 e. The molecular formula is C21H26N3O3+. The fraction of sp³-hybridized carbons (Fsp3) is 0.381. The van der Waals surface area contributed by atoms with Crippen LogP contribution in [0.15, 0.2) is 48.5 Å². The maximum absolute atomic E-state index is 12.3. The predicted octanol–water partition coefficient (Wildman–Crippen LogP) is 2.02. The summed E-state index contributed by atoms with van der Waals surface area (Å²) in [4.78, 5) is 24.1. The maximum atomic E-state index is 12.3. The van der Waals surface area contributed by atoms with Gasteiger partial charge in [0.15, 0.2) is 0 Å². The first kappa shape index (κ1) is 19.0. The molecule has 27 heavy (non-hydrogen) atoms. The van der Waals surface area contributed by atoms with Crippen molar-refractivity contribution in [2.45, 2.75) is 38.8 Å². The van der Waals surface area contributed by atoms with Crippen LogP contribution >= 0.6 is 0 Å². The molecule has 2 aromatic rings. The molecule has 2 aromatic carbocycles. The number of carbonyl (C=O) groups is 1. The van der Waals surface area contributed by atoms with Crippen molar-refractivity contribution in [2.24, 2.45) is 0 Å². The van der Waals surface area contributed by atoms with Gasteiger partial charge in [0.1, 0.15) is 6.54 Å². The number of likely N-dealkylation sites (tertiary alicyclic amines) is 1. The molecule has 0 aromatic heterocycles. The van der Waals surface area contributed by atoms with Crippen LogP contribution in [-0.2, 0) is 24.3 Å². The molecule has 142 valence electrons. The van der Waals surface area contributed by atoms with E-state index in [1.54, 1.807) is 17.0 Å². The number of nitro groups is 1. The Morgan fingerprint density at radius 2 is 1.67 bits per heavy atom. The average Bonchev–Trinajstić information content (AvgIpc) is 2.68. The highest BCUT2D eigenvalue weighted by atomic mass is 16.6. The Hall–Kier alpha value is -2.73. The molecule has 6 heteroatoms. The minimum absolute atomic E-state index is 0.0355. The molecule has 1 saturated heterocycles. The Balaban J connectivity index is 1.54. The Morgan fingerprint density at radius 3 is 2.33 bits per heavy atom. The summed E-state index contributed by atoms with van der Waals surface area (Å²) in [7, 11) is 0. The molecule has 1 aliphatic rings. The molecule has 0 bridgehead atoms. The van der Waals surface area contributed by atoms with Crippen LogP contribution in [0.1, 0.15) is 36.0 Å². The predicted molar refractivity (Wildman–Crippen MR) is 103 cm³/mol. The third-order valence-corrected chi connectivity index (χ3v) is 5.11. The van der Waals surface area contributed by atoms with Gasteiger partial charge in [-0.1, -0.05) is 36.4 Å². The molecular weight excluding hydrogens is 342 g/mol. The summed E-state index contributed by atoms with van der Waals surface area (Å²) >= 11 is 0. The van der Waals surface area contributed by atoms with Crippen LogP contribution in [0.3, 0.4) is 0 Å². The van der Waals surface area contributed by atoms with E-state index in [0.717, 1.165) is 17.7 Å². The molecule has 3 rings (SSSR count). The summed E-state index contributed by atoms with van der Waals surface area (Å²) in [5.41, 5.74) is 3.26. The molecule has 0 unspecified atom stereocenters. The van der Waals surface area contributed by atoms with E-state index in [-0.39, 0.29) is 18.0 Å². The van der Waals surface area contributed by atoms with E-state index in [9.17, 15) is 14.9 Å². The van der Waals surface area contributed by atoms with Gasteiger partial charge in [-0.15, -0.1) is 0 Å². The average molecular weight is 368 g/mol. The van der Waals surface area contributed by atoms with Gasteiger partial charge in [0.25, 0.3) is 5.69 Å². The van der Waals surface area contributed by atoms with E-state index >= 15 is 0 Å². The number of hydrogen-bond acceptors (Lipinski definition) is 3. The van der Waals surface area contributed by atoms with E-state index in [1.807, 2.05) is 6.07 Å². The topological polar surface area (TPSA) is 76.7 Å². The zero-order valence-electron chi connectivity index (χ0n) is 15.4. The second-order valence-corrected chi connectivity index (χ2v) is 7.13. The Kier molecular flexibility index (Phi) is 6.54. The number of quaternary nitrogens is 1. The van der Waals surface area contributed by atoms with Crippen molar-refractivity contribution in [2.75, 3.05) is 13.1 Å². The maximum Gasteiger partial charge on any atom is 0.269 e. The number of nitrogens with one attached hydrogen (secondary N) is 2. The molecule has 0 radical (unpaired) electrons. The number of hydrogen-bond donors (Lipinski definition) is 2. The van der Waals surface area contributed by atoms with E-state index in [1.165, 1.54) is 50.0 Å². The normalized spacial score (nSPS) is 14.7.